The second kappa shape index (κ2) is 14.0. The number of nitrogens with two attached hydrogens (primary N) is 2. The lowest BCUT2D eigenvalue weighted by atomic mass is 10.1. The number of hydrogen-bond acceptors (Lipinski definition) is 6. The Morgan fingerprint density at radius 1 is 1.32 bits per heavy atom. The van der Waals surface area contributed by atoms with Gasteiger partial charge in [-0.3, -0.25) is 5.84 Å². The highest BCUT2D eigenvalue weighted by molar-refractivity contribution is 5.24. The van der Waals surface area contributed by atoms with Gasteiger partial charge in [0.1, 0.15) is 0 Å². The monoisotopic (exact) mass is 403 g/mol. The second-order valence-electron chi connectivity index (χ2n) is 6.24. The number of hydrazine groups is 1. The predicted octanol–water partition coefficient (Wildman–Crippen LogP) is 2.20. The summed E-state index contributed by atoms with van der Waals surface area (Å²) in [5.41, 5.74) is 8.69. The van der Waals surface area contributed by atoms with E-state index in [1.165, 1.54) is 12.1 Å². The average Bonchev–Trinajstić information content (AvgIpc) is 3.15. The van der Waals surface area contributed by atoms with Crippen LogP contribution in [-0.2, 0) is 17.5 Å². The number of alkyl halides is 3. The maximum Gasteiger partial charge on any atom is 0.416 e. The minimum Gasteiger partial charge on any atom is -0.400 e. The molecular weight excluding hydrogens is 371 g/mol. The van der Waals surface area contributed by atoms with E-state index < -0.39 is 11.7 Å². The summed E-state index contributed by atoms with van der Waals surface area (Å²) in [6.07, 6.45) is -1.56. The molecule has 0 bridgehead atoms. The van der Waals surface area contributed by atoms with Crippen LogP contribution in [0, 0.1) is 0 Å². The van der Waals surface area contributed by atoms with E-state index in [2.05, 4.69) is 23.9 Å². The Bertz CT molecular complexity index is 556. The van der Waals surface area contributed by atoms with Gasteiger partial charge in [0, 0.05) is 25.0 Å². The molecule has 1 aromatic carbocycles. The van der Waals surface area contributed by atoms with Crippen LogP contribution in [0.2, 0.25) is 0 Å². The first-order chi connectivity index (χ1) is 13.2. The van der Waals surface area contributed by atoms with E-state index in [9.17, 15) is 13.2 Å². The van der Waals surface area contributed by atoms with Gasteiger partial charge in [-0.1, -0.05) is 12.1 Å². The van der Waals surface area contributed by atoms with Crippen molar-refractivity contribution in [1.82, 2.24) is 15.6 Å². The molecule has 0 aromatic heterocycles. The minimum atomic E-state index is -4.27. The van der Waals surface area contributed by atoms with Gasteiger partial charge in [0.25, 0.3) is 0 Å². The Morgan fingerprint density at radius 3 is 2.36 bits per heavy atom. The summed E-state index contributed by atoms with van der Waals surface area (Å²) in [6.45, 7) is 8.85. The third-order valence-corrected chi connectivity index (χ3v) is 3.55. The summed E-state index contributed by atoms with van der Waals surface area (Å²) in [4.78, 5) is 1.96. The quantitative estimate of drug-likeness (QED) is 0.331. The fourth-order valence-electron chi connectivity index (χ4n) is 2.29. The van der Waals surface area contributed by atoms with E-state index in [4.69, 9.17) is 16.3 Å². The van der Waals surface area contributed by atoms with Crippen LogP contribution in [0.3, 0.4) is 0 Å². The molecule has 0 radical (unpaired) electrons. The highest BCUT2D eigenvalue weighted by Crippen LogP contribution is 2.29. The standard InChI is InChI=1S/C12H14F3NO.C5H14N4.C2H4/c13-12(14,15)10-3-1-9(2-4-10)8-17-11-5-6-16-7-11;1-9(2)4-5(6)3-8-7;1-2/h1-4,11,16H,5-8H2;3,8H,4,6-7H2,1-2H3;1-2H2/b;5-3-;. The summed E-state index contributed by atoms with van der Waals surface area (Å²) in [5, 5.41) is 3.16. The van der Waals surface area contributed by atoms with Crippen LogP contribution in [0.15, 0.2) is 49.3 Å². The lowest BCUT2D eigenvalue weighted by molar-refractivity contribution is -0.137. The number of nitrogens with zero attached hydrogens (tertiary/aromatic N) is 1. The van der Waals surface area contributed by atoms with E-state index in [1.807, 2.05) is 19.0 Å². The normalized spacial score (nSPS) is 16.7. The molecule has 2 rings (SSSR count). The molecule has 0 spiro atoms. The van der Waals surface area contributed by atoms with Crippen LogP contribution in [0.1, 0.15) is 17.5 Å². The highest BCUT2D eigenvalue weighted by Gasteiger charge is 2.29. The molecule has 0 saturated carbocycles. The smallest absolute Gasteiger partial charge is 0.400 e. The van der Waals surface area contributed by atoms with Crippen molar-refractivity contribution < 1.29 is 17.9 Å². The van der Waals surface area contributed by atoms with Gasteiger partial charge < -0.3 is 26.1 Å². The molecule has 28 heavy (non-hydrogen) atoms. The number of hydrogen-bond donors (Lipinski definition) is 4. The van der Waals surface area contributed by atoms with Gasteiger partial charge in [-0.05, 0) is 44.8 Å². The zero-order chi connectivity index (χ0) is 21.6. The fraction of sp³-hybridized carbons (Fsp3) is 0.474. The lowest BCUT2D eigenvalue weighted by Gasteiger charge is -2.11. The van der Waals surface area contributed by atoms with Crippen LogP contribution in [0.25, 0.3) is 0 Å². The number of nitrogens with one attached hydrogen (secondary N) is 2. The summed E-state index contributed by atoms with van der Waals surface area (Å²) < 4.78 is 42.5. The fourth-order valence-corrected chi connectivity index (χ4v) is 2.29. The maximum atomic E-state index is 12.3. The van der Waals surface area contributed by atoms with Crippen LogP contribution in [0.4, 0.5) is 13.2 Å². The Labute approximate surface area is 165 Å². The van der Waals surface area contributed by atoms with E-state index in [0.717, 1.165) is 49.4 Å². The molecule has 1 atom stereocenters. The molecule has 1 fully saturated rings. The zero-order valence-electron chi connectivity index (χ0n) is 16.6. The third kappa shape index (κ3) is 11.6. The van der Waals surface area contributed by atoms with Crippen LogP contribution >= 0.6 is 0 Å². The van der Waals surface area contributed by atoms with Gasteiger partial charge in [-0.15, -0.1) is 13.2 Å². The SMILES string of the molecule is C=C.CN(C)C/C(N)=C/NN.FC(F)(F)c1ccc(COC2CCNC2)cc1. The van der Waals surface area contributed by atoms with Crippen molar-refractivity contribution in [3.05, 3.63) is 60.4 Å². The molecule has 0 aliphatic carbocycles. The van der Waals surface area contributed by atoms with Crippen molar-refractivity contribution in [3.8, 4) is 0 Å². The molecule has 9 heteroatoms. The summed E-state index contributed by atoms with van der Waals surface area (Å²) in [5.74, 6) is 4.98. The summed E-state index contributed by atoms with van der Waals surface area (Å²) >= 11 is 0. The van der Waals surface area contributed by atoms with Crippen LogP contribution < -0.4 is 22.3 Å². The second-order valence-corrected chi connectivity index (χ2v) is 6.24. The first-order valence-electron chi connectivity index (χ1n) is 8.76. The Morgan fingerprint density at radius 2 is 1.93 bits per heavy atom. The zero-order valence-corrected chi connectivity index (χ0v) is 16.6. The topological polar surface area (TPSA) is 88.6 Å². The molecule has 0 amide bonds. The van der Waals surface area contributed by atoms with Crippen molar-refractivity contribution in [3.63, 3.8) is 0 Å². The van der Waals surface area contributed by atoms with Gasteiger partial charge in [0.15, 0.2) is 0 Å². The van der Waals surface area contributed by atoms with E-state index in [-0.39, 0.29) is 6.10 Å². The summed E-state index contributed by atoms with van der Waals surface area (Å²) in [6, 6.07) is 5.10. The van der Waals surface area contributed by atoms with E-state index >= 15 is 0 Å². The van der Waals surface area contributed by atoms with Gasteiger partial charge >= 0.3 is 6.18 Å². The minimum absolute atomic E-state index is 0.178. The van der Waals surface area contributed by atoms with E-state index in [1.54, 1.807) is 6.20 Å². The van der Waals surface area contributed by atoms with Gasteiger partial charge in [0.05, 0.1) is 18.3 Å². The Kier molecular flexibility index (Phi) is 13.0. The molecule has 1 heterocycles. The number of benzene rings is 1. The number of likely N-dealkylation sites (N-methyl/N-ethyl adjacent to an activating group) is 1. The number of rotatable bonds is 6. The van der Waals surface area contributed by atoms with Crippen molar-refractivity contribution in [2.75, 3.05) is 33.7 Å². The van der Waals surface area contributed by atoms with Crippen molar-refractivity contribution in [2.24, 2.45) is 11.6 Å². The molecule has 1 aromatic rings. The van der Waals surface area contributed by atoms with Gasteiger partial charge in [-0.2, -0.15) is 13.2 Å². The maximum absolute atomic E-state index is 12.3. The summed E-state index contributed by atoms with van der Waals surface area (Å²) in [7, 11) is 3.88. The van der Waals surface area contributed by atoms with E-state index in [0.29, 0.717) is 6.61 Å². The molecule has 160 valence electrons. The Hall–Kier alpha value is -2.07. The van der Waals surface area contributed by atoms with Crippen molar-refractivity contribution in [2.45, 2.75) is 25.3 Å². The largest absolute Gasteiger partial charge is 0.416 e. The van der Waals surface area contributed by atoms with Gasteiger partial charge in [-0.25, -0.2) is 0 Å². The van der Waals surface area contributed by atoms with Crippen LogP contribution in [0.5, 0.6) is 0 Å². The lowest BCUT2D eigenvalue weighted by Crippen LogP contribution is -2.23. The number of halogens is 3. The molecule has 1 unspecified atom stereocenters. The Balaban J connectivity index is 0.000000566. The molecule has 1 saturated heterocycles. The van der Waals surface area contributed by atoms with Crippen molar-refractivity contribution in [1.29, 1.82) is 0 Å². The third-order valence-electron chi connectivity index (χ3n) is 3.55. The average molecular weight is 403 g/mol. The van der Waals surface area contributed by atoms with Crippen LogP contribution in [-0.4, -0.2) is 44.7 Å². The predicted molar refractivity (Wildman–Crippen MR) is 107 cm³/mol. The molecule has 6 nitrogen and oxygen atoms in total. The van der Waals surface area contributed by atoms with Gasteiger partial charge in [0.2, 0.25) is 0 Å². The first-order valence-corrected chi connectivity index (χ1v) is 8.76. The number of ether oxygens (including phenoxy) is 1. The highest BCUT2D eigenvalue weighted by atomic mass is 19.4. The molecule has 1 aliphatic rings. The molecule has 1 aliphatic heterocycles. The molecular formula is C19H32F3N5O. The first kappa shape index (κ1) is 25.9. The van der Waals surface area contributed by atoms with Crippen molar-refractivity contribution >= 4 is 0 Å². The molecule has 6 N–H and O–H groups in total.